The number of rotatable bonds is 7. The maximum Gasteiger partial charge on any atom is 0.287 e. The van der Waals surface area contributed by atoms with Crippen molar-refractivity contribution in [1.29, 1.82) is 0 Å². The van der Waals surface area contributed by atoms with Crippen molar-refractivity contribution in [3.63, 3.8) is 0 Å². The molecular formula is C11H17N3O4. The molecule has 0 saturated heterocycles. The quantitative estimate of drug-likeness (QED) is 0.447. The van der Waals surface area contributed by atoms with Crippen molar-refractivity contribution in [3.8, 4) is 0 Å². The fourth-order valence-electron chi connectivity index (χ4n) is 1.56. The molecule has 7 nitrogen and oxygen atoms in total. The SMILES string of the molecule is COC(C)CN(C)CC(=O)c1cc([N+](=O)[O-])c[nH]1. The van der Waals surface area contributed by atoms with Crippen LogP contribution in [0, 0.1) is 10.1 Å². The topological polar surface area (TPSA) is 88.5 Å². The largest absolute Gasteiger partial charge is 0.380 e. The van der Waals surface area contributed by atoms with E-state index in [-0.39, 0.29) is 29.8 Å². The molecule has 1 aromatic heterocycles. The van der Waals surface area contributed by atoms with Gasteiger partial charge >= 0.3 is 0 Å². The Balaban J connectivity index is 2.56. The van der Waals surface area contributed by atoms with Gasteiger partial charge in [-0.05, 0) is 14.0 Å². The summed E-state index contributed by atoms with van der Waals surface area (Å²) in [5, 5.41) is 10.5. The molecule has 0 spiro atoms. The van der Waals surface area contributed by atoms with Crippen LogP contribution in [-0.2, 0) is 4.74 Å². The first-order valence-corrected chi connectivity index (χ1v) is 5.51. The zero-order chi connectivity index (χ0) is 13.7. The Kier molecular flexibility index (Phi) is 4.99. The normalized spacial score (nSPS) is 12.7. The summed E-state index contributed by atoms with van der Waals surface area (Å²) in [4.78, 5) is 26.2. The first kappa shape index (κ1) is 14.3. The van der Waals surface area contributed by atoms with Gasteiger partial charge in [-0.3, -0.25) is 19.8 Å². The van der Waals surface area contributed by atoms with E-state index >= 15 is 0 Å². The molecular weight excluding hydrogens is 238 g/mol. The number of ketones is 1. The van der Waals surface area contributed by atoms with Crippen molar-refractivity contribution in [3.05, 3.63) is 28.1 Å². The molecule has 1 unspecified atom stereocenters. The van der Waals surface area contributed by atoms with Crippen LogP contribution in [0.15, 0.2) is 12.3 Å². The number of nitrogens with one attached hydrogen (secondary N) is 1. The van der Waals surface area contributed by atoms with Crippen molar-refractivity contribution >= 4 is 11.5 Å². The van der Waals surface area contributed by atoms with E-state index in [4.69, 9.17) is 4.74 Å². The number of Topliss-reactive ketones (excluding diaryl/α,β-unsaturated/α-hetero) is 1. The number of ether oxygens (including phenoxy) is 1. The first-order valence-electron chi connectivity index (χ1n) is 5.51. The molecule has 7 heteroatoms. The third-order valence-corrected chi connectivity index (χ3v) is 2.56. The average molecular weight is 255 g/mol. The van der Waals surface area contributed by atoms with Crippen molar-refractivity contribution in [2.45, 2.75) is 13.0 Å². The predicted molar refractivity (Wildman–Crippen MR) is 65.7 cm³/mol. The Bertz CT molecular complexity index is 430. The highest BCUT2D eigenvalue weighted by molar-refractivity contribution is 5.96. The monoisotopic (exact) mass is 255 g/mol. The standard InChI is InChI=1S/C11H17N3O4/c1-8(18-3)6-13(2)7-11(15)10-4-9(5-12-10)14(16)17/h4-5,8,12H,6-7H2,1-3H3. The second-order valence-electron chi connectivity index (χ2n) is 4.19. The number of carbonyl (C=O) groups is 1. The molecule has 0 fully saturated rings. The summed E-state index contributed by atoms with van der Waals surface area (Å²) in [6.07, 6.45) is 1.24. The number of aromatic amines is 1. The first-order chi connectivity index (χ1) is 8.43. The third-order valence-electron chi connectivity index (χ3n) is 2.56. The molecule has 1 atom stereocenters. The van der Waals surface area contributed by atoms with Gasteiger partial charge in [0.05, 0.1) is 29.5 Å². The van der Waals surface area contributed by atoms with E-state index in [1.54, 1.807) is 14.2 Å². The molecule has 1 N–H and O–H groups in total. The van der Waals surface area contributed by atoms with Gasteiger partial charge in [0.15, 0.2) is 5.78 Å². The molecule has 100 valence electrons. The van der Waals surface area contributed by atoms with E-state index < -0.39 is 4.92 Å². The molecule has 0 amide bonds. The van der Waals surface area contributed by atoms with Gasteiger partial charge in [-0.15, -0.1) is 0 Å². The number of likely N-dealkylation sites (N-methyl/N-ethyl adjacent to an activating group) is 1. The summed E-state index contributed by atoms with van der Waals surface area (Å²) in [5.41, 5.74) is 0.143. The fourth-order valence-corrected chi connectivity index (χ4v) is 1.56. The Morgan fingerprint density at radius 3 is 2.83 bits per heavy atom. The number of methoxy groups -OCH3 is 1. The lowest BCUT2D eigenvalue weighted by molar-refractivity contribution is -0.384. The van der Waals surface area contributed by atoms with Gasteiger partial charge < -0.3 is 9.72 Å². The molecule has 0 aliphatic heterocycles. The summed E-state index contributed by atoms with van der Waals surface area (Å²) in [6, 6.07) is 1.25. The predicted octanol–water partition coefficient (Wildman–Crippen LogP) is 1.07. The average Bonchev–Trinajstić information content (AvgIpc) is 2.77. The highest BCUT2D eigenvalue weighted by Crippen LogP contribution is 2.12. The summed E-state index contributed by atoms with van der Waals surface area (Å²) in [6.45, 7) is 2.71. The minimum absolute atomic E-state index is 0.0285. The number of aromatic nitrogens is 1. The number of hydrogen-bond acceptors (Lipinski definition) is 5. The van der Waals surface area contributed by atoms with Crippen LogP contribution in [0.3, 0.4) is 0 Å². The molecule has 0 aromatic carbocycles. The number of nitro groups is 1. The van der Waals surface area contributed by atoms with E-state index in [1.165, 1.54) is 12.3 Å². The zero-order valence-electron chi connectivity index (χ0n) is 10.7. The molecule has 0 saturated carbocycles. The molecule has 0 aliphatic carbocycles. The molecule has 0 bridgehead atoms. The maximum absolute atomic E-state index is 11.8. The van der Waals surface area contributed by atoms with Crippen LogP contribution < -0.4 is 0 Å². The summed E-state index contributed by atoms with van der Waals surface area (Å²) in [7, 11) is 3.40. The van der Waals surface area contributed by atoms with Crippen LogP contribution in [0.25, 0.3) is 0 Å². The van der Waals surface area contributed by atoms with Crippen LogP contribution in [0.2, 0.25) is 0 Å². The number of carbonyl (C=O) groups excluding carboxylic acids is 1. The summed E-state index contributed by atoms with van der Waals surface area (Å²) in [5.74, 6) is -0.186. The lowest BCUT2D eigenvalue weighted by Gasteiger charge is -2.19. The fraction of sp³-hybridized carbons (Fsp3) is 0.545. The van der Waals surface area contributed by atoms with Gasteiger partial charge in [0.25, 0.3) is 5.69 Å². The minimum Gasteiger partial charge on any atom is -0.380 e. The van der Waals surface area contributed by atoms with Crippen LogP contribution >= 0.6 is 0 Å². The van der Waals surface area contributed by atoms with Crippen molar-refractivity contribution in [1.82, 2.24) is 9.88 Å². The van der Waals surface area contributed by atoms with E-state index in [9.17, 15) is 14.9 Å². The highest BCUT2D eigenvalue weighted by atomic mass is 16.6. The molecule has 0 radical (unpaired) electrons. The van der Waals surface area contributed by atoms with E-state index in [1.807, 2.05) is 11.8 Å². The number of nitrogens with zero attached hydrogens (tertiary/aromatic N) is 2. The molecule has 1 heterocycles. The van der Waals surface area contributed by atoms with Gasteiger partial charge in [0.1, 0.15) is 0 Å². The Morgan fingerprint density at radius 1 is 1.67 bits per heavy atom. The Labute approximate surface area is 105 Å². The van der Waals surface area contributed by atoms with Gasteiger partial charge in [-0.25, -0.2) is 0 Å². The van der Waals surface area contributed by atoms with Gasteiger partial charge in [0.2, 0.25) is 0 Å². The molecule has 1 rings (SSSR count). The van der Waals surface area contributed by atoms with Gasteiger partial charge in [-0.1, -0.05) is 0 Å². The van der Waals surface area contributed by atoms with Gasteiger partial charge in [0, 0.05) is 19.7 Å². The molecule has 0 aliphatic rings. The smallest absolute Gasteiger partial charge is 0.287 e. The summed E-state index contributed by atoms with van der Waals surface area (Å²) >= 11 is 0. The van der Waals surface area contributed by atoms with Crippen LogP contribution in [0.5, 0.6) is 0 Å². The van der Waals surface area contributed by atoms with Crippen LogP contribution in [0.4, 0.5) is 5.69 Å². The highest BCUT2D eigenvalue weighted by Gasteiger charge is 2.16. The van der Waals surface area contributed by atoms with Crippen molar-refractivity contribution < 1.29 is 14.5 Å². The zero-order valence-corrected chi connectivity index (χ0v) is 10.7. The van der Waals surface area contributed by atoms with E-state index in [2.05, 4.69) is 4.98 Å². The molecule has 1 aromatic rings. The minimum atomic E-state index is -0.538. The van der Waals surface area contributed by atoms with Gasteiger partial charge in [-0.2, -0.15) is 0 Å². The van der Waals surface area contributed by atoms with E-state index in [0.29, 0.717) is 6.54 Å². The summed E-state index contributed by atoms with van der Waals surface area (Å²) < 4.78 is 5.09. The Morgan fingerprint density at radius 2 is 2.33 bits per heavy atom. The number of hydrogen-bond donors (Lipinski definition) is 1. The van der Waals surface area contributed by atoms with Crippen LogP contribution in [0.1, 0.15) is 17.4 Å². The van der Waals surface area contributed by atoms with Crippen LogP contribution in [-0.4, -0.2) is 53.9 Å². The second kappa shape index (κ2) is 6.27. The third kappa shape index (κ3) is 3.94. The number of H-pyrrole nitrogens is 1. The van der Waals surface area contributed by atoms with E-state index in [0.717, 1.165) is 0 Å². The second-order valence-corrected chi connectivity index (χ2v) is 4.19. The van der Waals surface area contributed by atoms with Crippen molar-refractivity contribution in [2.75, 3.05) is 27.2 Å². The lowest BCUT2D eigenvalue weighted by atomic mass is 10.2. The lowest BCUT2D eigenvalue weighted by Crippen LogP contribution is -2.33. The van der Waals surface area contributed by atoms with Crippen molar-refractivity contribution in [2.24, 2.45) is 0 Å². The maximum atomic E-state index is 11.8. The molecule has 18 heavy (non-hydrogen) atoms. The Hall–Kier alpha value is -1.73.